The van der Waals surface area contributed by atoms with E-state index in [0.717, 1.165) is 25.7 Å². The summed E-state index contributed by atoms with van der Waals surface area (Å²) in [7, 11) is 3.53. The van der Waals surface area contributed by atoms with Crippen molar-refractivity contribution in [3.8, 4) is 11.5 Å². The fourth-order valence-electron chi connectivity index (χ4n) is 2.93. The highest BCUT2D eigenvalue weighted by Crippen LogP contribution is 2.35. The molecule has 7 nitrogen and oxygen atoms in total. The summed E-state index contributed by atoms with van der Waals surface area (Å²) >= 11 is -1.18. The predicted molar refractivity (Wildman–Crippen MR) is 89.5 cm³/mol. The molecule has 2 aromatic rings. The zero-order chi connectivity index (χ0) is 17.1. The van der Waals surface area contributed by atoms with Gasteiger partial charge in [0.25, 0.3) is 0 Å². The van der Waals surface area contributed by atoms with Crippen LogP contribution < -0.4 is 4.72 Å². The van der Waals surface area contributed by atoms with Crippen molar-refractivity contribution in [2.75, 3.05) is 14.1 Å². The number of rotatable bonds is 5. The predicted octanol–water partition coefficient (Wildman–Crippen LogP) is 1.76. The number of hydrogen-bond acceptors (Lipinski definition) is 4. The van der Waals surface area contributed by atoms with Crippen LogP contribution in [0.2, 0.25) is 0 Å². The Kier molecular flexibility index (Phi) is 5.32. The molecule has 2 heterocycles. The quantitative estimate of drug-likeness (QED) is 0.858. The molecule has 0 saturated heterocycles. The largest absolute Gasteiger partial charge is 0.278 e. The van der Waals surface area contributed by atoms with Gasteiger partial charge in [-0.1, -0.05) is 0 Å². The molecule has 1 saturated carbocycles. The third-order valence-electron chi connectivity index (χ3n) is 4.24. The lowest BCUT2D eigenvalue weighted by Gasteiger charge is -2.28. The van der Waals surface area contributed by atoms with Crippen molar-refractivity contribution in [1.29, 1.82) is 0 Å². The molecule has 9 heteroatoms. The number of nitrogens with one attached hydrogen (secondary N) is 2. The number of nitrogens with zero attached hydrogens (tertiary/aromatic N) is 4. The molecule has 0 bridgehead atoms. The van der Waals surface area contributed by atoms with E-state index in [-0.39, 0.29) is 29.3 Å². The summed E-state index contributed by atoms with van der Waals surface area (Å²) in [6, 6.07) is 1.87. The third-order valence-corrected chi connectivity index (χ3v) is 5.44. The van der Waals surface area contributed by atoms with E-state index >= 15 is 0 Å². The van der Waals surface area contributed by atoms with Gasteiger partial charge in [0.1, 0.15) is 0 Å². The topological polar surface area (TPSA) is 86.8 Å². The first kappa shape index (κ1) is 17.1. The normalized spacial score (nSPS) is 22.7. The van der Waals surface area contributed by atoms with E-state index in [1.54, 1.807) is 36.9 Å². The molecule has 0 aromatic carbocycles. The van der Waals surface area contributed by atoms with Crippen molar-refractivity contribution < 1.29 is 8.60 Å². The van der Waals surface area contributed by atoms with Gasteiger partial charge in [0.2, 0.25) is 0 Å². The van der Waals surface area contributed by atoms with Gasteiger partial charge in [-0.25, -0.2) is 27.6 Å². The minimum absolute atomic E-state index is 0.0841. The zero-order valence-corrected chi connectivity index (χ0v) is 14.5. The Morgan fingerprint density at radius 2 is 1.92 bits per heavy atom. The van der Waals surface area contributed by atoms with Gasteiger partial charge in [0.15, 0.2) is 28.5 Å². The molecule has 2 aromatic heterocycles. The van der Waals surface area contributed by atoms with E-state index in [1.807, 2.05) is 0 Å². The fourth-order valence-corrected chi connectivity index (χ4v) is 3.66. The summed E-state index contributed by atoms with van der Waals surface area (Å²) in [6.07, 6.45) is 6.46. The summed E-state index contributed by atoms with van der Waals surface area (Å²) in [4.78, 5) is 8.09. The van der Waals surface area contributed by atoms with Crippen LogP contribution in [-0.4, -0.2) is 48.8 Å². The molecule has 0 spiro atoms. The van der Waals surface area contributed by atoms with Crippen LogP contribution in [0.25, 0.3) is 11.5 Å². The second-order valence-electron chi connectivity index (χ2n) is 6.10. The monoisotopic (exact) mass is 352 g/mol. The average Bonchev–Trinajstić information content (AvgIpc) is 2.98. The Labute approximate surface area is 142 Å². The van der Waals surface area contributed by atoms with Crippen LogP contribution in [0.5, 0.6) is 0 Å². The van der Waals surface area contributed by atoms with E-state index in [4.69, 9.17) is 0 Å². The molecular formula is C15H21FN6OS. The lowest BCUT2D eigenvalue weighted by Crippen LogP contribution is -2.39. The number of aromatic nitrogens is 4. The van der Waals surface area contributed by atoms with Gasteiger partial charge in [-0.15, -0.1) is 0 Å². The lowest BCUT2D eigenvalue weighted by atomic mass is 9.84. The molecule has 1 aliphatic rings. The number of halogens is 1. The van der Waals surface area contributed by atoms with Crippen LogP contribution in [0, 0.1) is 5.82 Å². The highest BCUT2D eigenvalue weighted by molar-refractivity contribution is 7.80. The van der Waals surface area contributed by atoms with E-state index in [2.05, 4.69) is 24.9 Å². The molecule has 3 rings (SSSR count). The van der Waals surface area contributed by atoms with E-state index < -0.39 is 11.2 Å². The molecule has 1 atom stereocenters. The number of aromatic amines is 1. The number of H-pyrrole nitrogens is 1. The SMILES string of the molecule is CN(C)S(=O)NC1CCC(c2[nH]nc(-c3ncccn3)c2F)CC1. The van der Waals surface area contributed by atoms with Crippen LogP contribution in [0.4, 0.5) is 4.39 Å². The summed E-state index contributed by atoms with van der Waals surface area (Å²) in [5, 5.41) is 6.88. The van der Waals surface area contributed by atoms with Gasteiger partial charge in [-0.2, -0.15) is 5.10 Å². The molecule has 2 N–H and O–H groups in total. The summed E-state index contributed by atoms with van der Waals surface area (Å²) in [6.45, 7) is 0. The van der Waals surface area contributed by atoms with Crippen LogP contribution >= 0.6 is 0 Å². The molecular weight excluding hydrogens is 331 g/mol. The Hall–Kier alpha value is -1.71. The molecule has 130 valence electrons. The van der Waals surface area contributed by atoms with Crippen LogP contribution in [0.1, 0.15) is 37.3 Å². The van der Waals surface area contributed by atoms with Crippen molar-refractivity contribution in [1.82, 2.24) is 29.2 Å². The molecule has 1 aliphatic carbocycles. The lowest BCUT2D eigenvalue weighted by molar-refractivity contribution is 0.364. The van der Waals surface area contributed by atoms with Crippen molar-refractivity contribution >= 4 is 11.2 Å². The first-order valence-electron chi connectivity index (χ1n) is 7.92. The fraction of sp³-hybridized carbons (Fsp3) is 0.533. The maximum atomic E-state index is 14.7. The minimum atomic E-state index is -1.18. The van der Waals surface area contributed by atoms with Crippen molar-refractivity contribution in [2.45, 2.75) is 37.6 Å². The third kappa shape index (κ3) is 3.68. The van der Waals surface area contributed by atoms with Crippen molar-refractivity contribution in [3.05, 3.63) is 30.0 Å². The molecule has 0 aliphatic heterocycles. The Morgan fingerprint density at radius 3 is 2.54 bits per heavy atom. The standard InChI is InChI=1S/C15H21FN6OS/c1-22(2)24(23)21-11-6-4-10(5-7-11)13-12(16)14(20-19-13)15-17-8-3-9-18-15/h3,8-11,21H,4-7H2,1-2H3,(H,19,20). The van der Waals surface area contributed by atoms with Crippen molar-refractivity contribution in [3.63, 3.8) is 0 Å². The second kappa shape index (κ2) is 7.45. The van der Waals surface area contributed by atoms with Gasteiger partial charge in [-0.05, 0) is 31.7 Å². The highest BCUT2D eigenvalue weighted by atomic mass is 32.2. The van der Waals surface area contributed by atoms with Gasteiger partial charge in [-0.3, -0.25) is 5.10 Å². The number of hydrogen-bond donors (Lipinski definition) is 2. The van der Waals surface area contributed by atoms with Crippen molar-refractivity contribution in [2.24, 2.45) is 0 Å². The van der Waals surface area contributed by atoms with Gasteiger partial charge >= 0.3 is 0 Å². The smallest absolute Gasteiger partial charge is 0.183 e. The minimum Gasteiger partial charge on any atom is -0.278 e. The molecule has 0 amide bonds. The van der Waals surface area contributed by atoms with E-state index in [0.29, 0.717) is 5.69 Å². The maximum Gasteiger partial charge on any atom is 0.183 e. The second-order valence-corrected chi connectivity index (χ2v) is 7.56. The first-order chi connectivity index (χ1) is 11.6. The van der Waals surface area contributed by atoms with E-state index in [9.17, 15) is 8.60 Å². The molecule has 1 unspecified atom stereocenters. The van der Waals surface area contributed by atoms with Crippen LogP contribution in [0.15, 0.2) is 18.5 Å². The first-order valence-corrected chi connectivity index (χ1v) is 9.03. The molecule has 0 radical (unpaired) electrons. The maximum absolute atomic E-state index is 14.7. The van der Waals surface area contributed by atoms with Crippen LogP contribution in [0.3, 0.4) is 0 Å². The van der Waals surface area contributed by atoms with E-state index in [1.165, 1.54) is 0 Å². The Balaban J connectivity index is 1.65. The molecule has 1 fully saturated rings. The Morgan fingerprint density at radius 1 is 1.25 bits per heavy atom. The highest BCUT2D eigenvalue weighted by Gasteiger charge is 2.28. The Bertz CT molecular complexity index is 699. The summed E-state index contributed by atoms with van der Waals surface area (Å²) in [5.74, 6) is 0.00418. The average molecular weight is 352 g/mol. The van der Waals surface area contributed by atoms with Crippen LogP contribution in [-0.2, 0) is 11.2 Å². The van der Waals surface area contributed by atoms with Gasteiger partial charge < -0.3 is 0 Å². The van der Waals surface area contributed by atoms with Gasteiger partial charge in [0, 0.05) is 38.4 Å². The zero-order valence-electron chi connectivity index (χ0n) is 13.7. The van der Waals surface area contributed by atoms with Gasteiger partial charge in [0.05, 0.1) is 5.69 Å². The molecule has 24 heavy (non-hydrogen) atoms. The summed E-state index contributed by atoms with van der Waals surface area (Å²) in [5.41, 5.74) is 0.684. The summed E-state index contributed by atoms with van der Waals surface area (Å²) < 4.78 is 31.2.